The van der Waals surface area contributed by atoms with E-state index in [1.54, 1.807) is 11.9 Å². The largest absolute Gasteiger partial charge is 0.390 e. The van der Waals surface area contributed by atoms with E-state index in [4.69, 9.17) is 11.6 Å². The predicted octanol–water partition coefficient (Wildman–Crippen LogP) is 3.93. The van der Waals surface area contributed by atoms with Gasteiger partial charge in [-0.2, -0.15) is 0 Å². The second-order valence-electron chi connectivity index (χ2n) is 9.14. The van der Waals surface area contributed by atoms with Crippen LogP contribution in [0.4, 0.5) is 5.69 Å². The van der Waals surface area contributed by atoms with Crippen LogP contribution < -0.4 is 0 Å². The van der Waals surface area contributed by atoms with Gasteiger partial charge >= 0.3 is 0 Å². The van der Waals surface area contributed by atoms with Crippen LogP contribution >= 0.6 is 11.6 Å². The molecule has 146 valence electrons. The first-order valence-corrected chi connectivity index (χ1v) is 9.94. The topological polar surface area (TPSA) is 83.7 Å². The second kappa shape index (κ2) is 6.45. The molecule has 1 aromatic rings. The normalized spacial score (nSPS) is 33.9. The summed E-state index contributed by atoms with van der Waals surface area (Å²) in [6.07, 6.45) is 6.19. The Balaban J connectivity index is 1.46. The standard InChI is InChI=1S/C20H25ClN2O4/c1-22(11-15-5-16(23(26)27)2-3-17(15)21)18(24)10-19-6-13-4-14(7-19)9-20(25,8-13)12-19/h2-3,5,13-14,25H,4,6-12H2,1H3/t13-,14-,19?,20?/m1/s1. The molecule has 6 nitrogen and oxygen atoms in total. The van der Waals surface area contributed by atoms with Crippen molar-refractivity contribution in [2.24, 2.45) is 17.3 Å². The summed E-state index contributed by atoms with van der Waals surface area (Å²) in [5, 5.41) is 22.3. The Hall–Kier alpha value is -1.66. The summed E-state index contributed by atoms with van der Waals surface area (Å²) < 4.78 is 0. The summed E-state index contributed by atoms with van der Waals surface area (Å²) in [4.78, 5) is 25.1. The number of nitro groups is 1. The molecule has 0 unspecified atom stereocenters. The number of hydrogen-bond acceptors (Lipinski definition) is 4. The van der Waals surface area contributed by atoms with Crippen molar-refractivity contribution in [1.29, 1.82) is 0 Å². The van der Waals surface area contributed by atoms with E-state index in [9.17, 15) is 20.0 Å². The van der Waals surface area contributed by atoms with Crippen LogP contribution in [0.1, 0.15) is 50.5 Å². The lowest BCUT2D eigenvalue weighted by Crippen LogP contribution is -2.56. The van der Waals surface area contributed by atoms with Gasteiger partial charge in [0.2, 0.25) is 5.91 Å². The Morgan fingerprint density at radius 3 is 2.59 bits per heavy atom. The fraction of sp³-hybridized carbons (Fsp3) is 0.650. The first-order chi connectivity index (χ1) is 12.7. The fourth-order valence-corrected chi connectivity index (χ4v) is 6.38. The average molecular weight is 393 g/mol. The highest BCUT2D eigenvalue weighted by Crippen LogP contribution is 2.62. The molecule has 4 fully saturated rings. The third-order valence-corrected chi connectivity index (χ3v) is 7.12. The Bertz CT molecular complexity index is 782. The minimum absolute atomic E-state index is 0.0168. The van der Waals surface area contributed by atoms with Gasteiger partial charge in [0.15, 0.2) is 0 Å². The lowest BCUT2D eigenvalue weighted by atomic mass is 9.47. The molecule has 0 saturated heterocycles. The van der Waals surface area contributed by atoms with Crippen molar-refractivity contribution in [2.45, 2.75) is 57.1 Å². The maximum absolute atomic E-state index is 12.9. The molecular weight excluding hydrogens is 368 g/mol. The number of carbonyl (C=O) groups excluding carboxylic acids is 1. The number of rotatable bonds is 5. The maximum atomic E-state index is 12.9. The zero-order valence-corrected chi connectivity index (χ0v) is 16.2. The van der Waals surface area contributed by atoms with Crippen LogP contribution in [0.2, 0.25) is 5.02 Å². The zero-order valence-electron chi connectivity index (χ0n) is 15.5. The van der Waals surface area contributed by atoms with Crippen molar-refractivity contribution < 1.29 is 14.8 Å². The van der Waals surface area contributed by atoms with Gasteiger partial charge in [-0.15, -0.1) is 0 Å². The minimum atomic E-state index is -0.577. The van der Waals surface area contributed by atoms with Crippen molar-refractivity contribution in [1.82, 2.24) is 4.90 Å². The fourth-order valence-electron chi connectivity index (χ4n) is 6.20. The van der Waals surface area contributed by atoms with Crippen LogP contribution in [-0.4, -0.2) is 33.5 Å². The number of nitrogens with zero attached hydrogens (tertiary/aromatic N) is 2. The summed E-state index contributed by atoms with van der Waals surface area (Å²) in [5.74, 6) is 1.10. The van der Waals surface area contributed by atoms with E-state index in [-0.39, 0.29) is 23.6 Å². The lowest BCUT2D eigenvalue weighted by molar-refractivity contribution is -0.384. The van der Waals surface area contributed by atoms with E-state index < -0.39 is 10.5 Å². The molecule has 4 bridgehead atoms. The van der Waals surface area contributed by atoms with Crippen molar-refractivity contribution >= 4 is 23.2 Å². The van der Waals surface area contributed by atoms with Gasteiger partial charge in [0.05, 0.1) is 10.5 Å². The number of non-ortho nitro benzene ring substituents is 1. The van der Waals surface area contributed by atoms with Crippen molar-refractivity contribution in [3.63, 3.8) is 0 Å². The van der Waals surface area contributed by atoms with Gasteiger partial charge in [-0.05, 0) is 67.4 Å². The SMILES string of the molecule is CN(Cc1cc([N+](=O)[O-])ccc1Cl)C(=O)CC12C[C@H]3C[C@@H](CC(O)(C3)C1)C2. The van der Waals surface area contributed by atoms with Crippen LogP contribution in [0.15, 0.2) is 18.2 Å². The summed E-state index contributed by atoms with van der Waals surface area (Å²) >= 11 is 6.17. The Labute approximate surface area is 163 Å². The molecule has 5 rings (SSSR count). The molecule has 1 amide bonds. The summed E-state index contributed by atoms with van der Waals surface area (Å²) in [6.45, 7) is 0.243. The van der Waals surface area contributed by atoms with E-state index in [1.807, 2.05) is 0 Å². The highest BCUT2D eigenvalue weighted by atomic mass is 35.5. The summed E-state index contributed by atoms with van der Waals surface area (Å²) in [6, 6.07) is 4.30. The number of hydrogen-bond donors (Lipinski definition) is 1. The molecule has 2 atom stereocenters. The molecule has 4 aliphatic carbocycles. The molecule has 0 aliphatic heterocycles. The number of carbonyl (C=O) groups is 1. The van der Waals surface area contributed by atoms with Crippen molar-refractivity contribution in [3.8, 4) is 0 Å². The Morgan fingerprint density at radius 2 is 2.00 bits per heavy atom. The first kappa shape index (κ1) is 18.7. The maximum Gasteiger partial charge on any atom is 0.269 e. The van der Waals surface area contributed by atoms with Gasteiger partial charge in [-0.1, -0.05) is 11.6 Å². The quantitative estimate of drug-likeness (QED) is 0.607. The van der Waals surface area contributed by atoms with Gasteiger partial charge in [0.25, 0.3) is 5.69 Å². The summed E-state index contributed by atoms with van der Waals surface area (Å²) in [7, 11) is 1.71. The highest BCUT2D eigenvalue weighted by Gasteiger charge is 2.57. The van der Waals surface area contributed by atoms with E-state index >= 15 is 0 Å². The number of amides is 1. The van der Waals surface area contributed by atoms with Gasteiger partial charge < -0.3 is 10.0 Å². The number of halogens is 1. The third kappa shape index (κ3) is 3.57. The van der Waals surface area contributed by atoms with Crippen molar-refractivity contribution in [2.75, 3.05) is 7.05 Å². The molecule has 1 N–H and O–H groups in total. The second-order valence-corrected chi connectivity index (χ2v) is 9.55. The monoisotopic (exact) mass is 392 g/mol. The van der Waals surface area contributed by atoms with Crippen LogP contribution in [0.25, 0.3) is 0 Å². The van der Waals surface area contributed by atoms with Crippen molar-refractivity contribution in [3.05, 3.63) is 38.9 Å². The van der Waals surface area contributed by atoms with Crippen LogP contribution in [0.3, 0.4) is 0 Å². The predicted molar refractivity (Wildman–Crippen MR) is 101 cm³/mol. The van der Waals surface area contributed by atoms with Gasteiger partial charge in [-0.25, -0.2) is 0 Å². The third-order valence-electron chi connectivity index (χ3n) is 6.75. The van der Waals surface area contributed by atoms with Crippen LogP contribution in [-0.2, 0) is 11.3 Å². The molecule has 7 heteroatoms. The van der Waals surface area contributed by atoms with Gasteiger partial charge in [0, 0.05) is 37.2 Å². The molecule has 0 spiro atoms. The molecule has 0 heterocycles. The van der Waals surface area contributed by atoms with Crippen LogP contribution in [0, 0.1) is 27.4 Å². The van der Waals surface area contributed by atoms with E-state index in [0.717, 1.165) is 32.1 Å². The Morgan fingerprint density at radius 1 is 1.33 bits per heavy atom. The van der Waals surface area contributed by atoms with E-state index in [2.05, 4.69) is 0 Å². The van der Waals surface area contributed by atoms with Gasteiger partial charge in [-0.3, -0.25) is 14.9 Å². The van der Waals surface area contributed by atoms with E-state index in [0.29, 0.717) is 28.8 Å². The molecule has 0 aromatic heterocycles. The number of nitro benzene ring substituents is 1. The molecular formula is C20H25ClN2O4. The average Bonchev–Trinajstić information content (AvgIpc) is 2.53. The zero-order chi connectivity index (χ0) is 19.4. The molecule has 0 radical (unpaired) electrons. The summed E-state index contributed by atoms with van der Waals surface area (Å²) in [5.41, 5.74) is -0.118. The first-order valence-electron chi connectivity index (χ1n) is 9.56. The smallest absolute Gasteiger partial charge is 0.269 e. The number of benzene rings is 1. The Kier molecular flexibility index (Phi) is 4.47. The highest BCUT2D eigenvalue weighted by molar-refractivity contribution is 6.31. The van der Waals surface area contributed by atoms with Gasteiger partial charge in [0.1, 0.15) is 0 Å². The molecule has 1 aromatic carbocycles. The molecule has 4 aliphatic rings. The van der Waals surface area contributed by atoms with E-state index in [1.165, 1.54) is 24.6 Å². The van der Waals surface area contributed by atoms with Crippen LogP contribution in [0.5, 0.6) is 0 Å². The minimum Gasteiger partial charge on any atom is -0.390 e. The molecule has 27 heavy (non-hydrogen) atoms. The lowest BCUT2D eigenvalue weighted by Gasteiger charge is -2.60. The molecule has 4 saturated carbocycles. The number of aliphatic hydroxyl groups is 1.